The van der Waals surface area contributed by atoms with E-state index in [9.17, 15) is 23.3 Å². The molecule has 2 aliphatic heterocycles. The summed E-state index contributed by atoms with van der Waals surface area (Å²) in [5.74, 6) is 0.593. The SMILES string of the molecule is Cc1ccc(CN2CCNC2=C[N+](=O)[O-])cc1.FC(F)(F)c1ccc(CN2CCNC2)cc1. The van der Waals surface area contributed by atoms with Crippen LogP contribution in [0.4, 0.5) is 13.2 Å². The van der Waals surface area contributed by atoms with Crippen LogP contribution in [0.25, 0.3) is 0 Å². The molecular formula is C23H28F3N5O2. The maximum Gasteiger partial charge on any atom is 0.416 e. The number of halogens is 3. The maximum atomic E-state index is 12.3. The third-order valence-corrected chi connectivity index (χ3v) is 5.38. The highest BCUT2D eigenvalue weighted by atomic mass is 19.4. The third kappa shape index (κ3) is 7.76. The van der Waals surface area contributed by atoms with Crippen LogP contribution in [0.2, 0.25) is 0 Å². The molecule has 0 spiro atoms. The Hall–Kier alpha value is -3.11. The molecule has 0 amide bonds. The molecule has 2 aliphatic rings. The molecule has 0 bridgehead atoms. The summed E-state index contributed by atoms with van der Waals surface area (Å²) in [6.07, 6.45) is -3.21. The fourth-order valence-electron chi connectivity index (χ4n) is 3.60. The number of nitro groups is 1. The lowest BCUT2D eigenvalue weighted by atomic mass is 10.1. The highest BCUT2D eigenvalue weighted by molar-refractivity contribution is 5.24. The molecule has 2 heterocycles. The lowest BCUT2D eigenvalue weighted by molar-refractivity contribution is -0.404. The van der Waals surface area contributed by atoms with Crippen molar-refractivity contribution < 1.29 is 18.1 Å². The zero-order valence-electron chi connectivity index (χ0n) is 18.4. The normalized spacial score (nSPS) is 17.6. The zero-order chi connectivity index (χ0) is 23.8. The fourth-order valence-corrected chi connectivity index (χ4v) is 3.60. The van der Waals surface area contributed by atoms with Gasteiger partial charge >= 0.3 is 6.18 Å². The Morgan fingerprint density at radius 1 is 1.00 bits per heavy atom. The zero-order valence-corrected chi connectivity index (χ0v) is 18.4. The van der Waals surface area contributed by atoms with Crippen LogP contribution in [0.3, 0.4) is 0 Å². The quantitative estimate of drug-likeness (QED) is 0.522. The van der Waals surface area contributed by atoms with Crippen molar-refractivity contribution in [2.75, 3.05) is 32.8 Å². The molecule has 2 saturated heterocycles. The van der Waals surface area contributed by atoms with Gasteiger partial charge in [-0.1, -0.05) is 42.0 Å². The molecule has 4 rings (SSSR count). The molecule has 0 aliphatic carbocycles. The first-order valence-corrected chi connectivity index (χ1v) is 10.7. The molecule has 0 radical (unpaired) electrons. The van der Waals surface area contributed by atoms with Gasteiger partial charge in [0.15, 0.2) is 5.82 Å². The second-order valence-electron chi connectivity index (χ2n) is 8.04. The maximum absolute atomic E-state index is 12.3. The summed E-state index contributed by atoms with van der Waals surface area (Å²) < 4.78 is 36.9. The van der Waals surface area contributed by atoms with Gasteiger partial charge in [0.05, 0.1) is 10.5 Å². The number of nitrogens with one attached hydrogen (secondary N) is 2. The predicted octanol–water partition coefficient (Wildman–Crippen LogP) is 3.54. The highest BCUT2D eigenvalue weighted by Crippen LogP contribution is 2.29. The lowest BCUT2D eigenvalue weighted by Gasteiger charge is -2.17. The Bertz CT molecular complexity index is 940. The molecule has 33 heavy (non-hydrogen) atoms. The topological polar surface area (TPSA) is 73.7 Å². The van der Waals surface area contributed by atoms with Crippen LogP contribution in [-0.4, -0.2) is 47.6 Å². The van der Waals surface area contributed by atoms with Gasteiger partial charge in [-0.15, -0.1) is 0 Å². The van der Waals surface area contributed by atoms with Gasteiger partial charge in [-0.2, -0.15) is 13.2 Å². The molecular weight excluding hydrogens is 435 g/mol. The first kappa shape index (κ1) is 24.5. The van der Waals surface area contributed by atoms with Crippen molar-refractivity contribution in [1.29, 1.82) is 0 Å². The van der Waals surface area contributed by atoms with Crippen LogP contribution in [0.5, 0.6) is 0 Å². The largest absolute Gasteiger partial charge is 0.416 e. The number of aryl methyl sites for hydroxylation is 1. The number of hydrogen-bond acceptors (Lipinski definition) is 6. The van der Waals surface area contributed by atoms with Crippen LogP contribution >= 0.6 is 0 Å². The molecule has 0 saturated carbocycles. The molecule has 2 aromatic carbocycles. The van der Waals surface area contributed by atoms with E-state index in [1.807, 2.05) is 11.8 Å². The van der Waals surface area contributed by atoms with E-state index >= 15 is 0 Å². The van der Waals surface area contributed by atoms with Crippen molar-refractivity contribution in [2.45, 2.75) is 26.2 Å². The summed E-state index contributed by atoms with van der Waals surface area (Å²) in [5.41, 5.74) is 2.70. The minimum atomic E-state index is -4.24. The van der Waals surface area contributed by atoms with Gasteiger partial charge in [-0.3, -0.25) is 15.0 Å². The second-order valence-corrected chi connectivity index (χ2v) is 8.04. The van der Waals surface area contributed by atoms with E-state index in [0.717, 1.165) is 62.3 Å². The molecule has 2 fully saturated rings. The van der Waals surface area contributed by atoms with Crippen LogP contribution in [0.1, 0.15) is 22.3 Å². The molecule has 0 atom stereocenters. The van der Waals surface area contributed by atoms with Crippen molar-refractivity contribution in [2.24, 2.45) is 0 Å². The van der Waals surface area contributed by atoms with Crippen LogP contribution in [-0.2, 0) is 19.3 Å². The summed E-state index contributed by atoms with van der Waals surface area (Å²) >= 11 is 0. The summed E-state index contributed by atoms with van der Waals surface area (Å²) in [6.45, 7) is 7.69. The van der Waals surface area contributed by atoms with Crippen LogP contribution in [0.15, 0.2) is 60.6 Å². The van der Waals surface area contributed by atoms with Crippen molar-refractivity contribution in [1.82, 2.24) is 20.4 Å². The van der Waals surface area contributed by atoms with Crippen molar-refractivity contribution in [3.8, 4) is 0 Å². The molecule has 0 unspecified atom stereocenters. The Morgan fingerprint density at radius 3 is 2.21 bits per heavy atom. The Balaban J connectivity index is 0.000000186. The first-order valence-electron chi connectivity index (χ1n) is 10.7. The number of benzene rings is 2. The van der Waals surface area contributed by atoms with E-state index in [2.05, 4.69) is 39.8 Å². The number of hydrogen-bond donors (Lipinski definition) is 2. The van der Waals surface area contributed by atoms with E-state index in [-0.39, 0.29) is 0 Å². The first-order chi connectivity index (χ1) is 15.7. The number of alkyl halides is 3. The number of rotatable bonds is 5. The minimum absolute atomic E-state index is 0.421. The van der Waals surface area contributed by atoms with Crippen LogP contribution in [0, 0.1) is 17.0 Å². The smallest absolute Gasteiger partial charge is 0.365 e. The number of nitrogens with zero attached hydrogens (tertiary/aromatic N) is 3. The van der Waals surface area contributed by atoms with Gasteiger partial charge in [0.1, 0.15) is 0 Å². The summed E-state index contributed by atoms with van der Waals surface area (Å²) in [7, 11) is 0. The monoisotopic (exact) mass is 463 g/mol. The van der Waals surface area contributed by atoms with Crippen molar-refractivity contribution in [3.05, 3.63) is 92.9 Å². The second kappa shape index (κ2) is 11.2. The minimum Gasteiger partial charge on any atom is -0.365 e. The van der Waals surface area contributed by atoms with Gasteiger partial charge in [-0.25, -0.2) is 0 Å². The predicted molar refractivity (Wildman–Crippen MR) is 119 cm³/mol. The van der Waals surface area contributed by atoms with Gasteiger partial charge in [0.2, 0.25) is 0 Å². The van der Waals surface area contributed by atoms with Crippen LogP contribution < -0.4 is 10.6 Å². The summed E-state index contributed by atoms with van der Waals surface area (Å²) in [4.78, 5) is 14.2. The van der Waals surface area contributed by atoms with E-state index < -0.39 is 16.7 Å². The molecule has 2 N–H and O–H groups in total. The van der Waals surface area contributed by atoms with Crippen molar-refractivity contribution >= 4 is 0 Å². The third-order valence-electron chi connectivity index (χ3n) is 5.38. The van der Waals surface area contributed by atoms with E-state index in [4.69, 9.17) is 0 Å². The molecule has 10 heteroatoms. The standard InChI is InChI=1S/C12H15N3O2.C11H13F3N2/c1-10-2-4-11(5-3-10)8-14-7-6-13-12(14)9-15(16)17;12-11(13,14)10-3-1-9(2-4-10)7-16-6-5-15-8-16/h2-5,9,13H,6-8H2,1H3;1-4,15H,5-8H2. The average Bonchev–Trinajstić information content (AvgIpc) is 3.42. The Morgan fingerprint density at radius 2 is 1.64 bits per heavy atom. The molecule has 2 aromatic rings. The molecule has 0 aromatic heterocycles. The Labute approximate surface area is 191 Å². The van der Waals surface area contributed by atoms with Crippen molar-refractivity contribution in [3.63, 3.8) is 0 Å². The average molecular weight is 464 g/mol. The van der Waals surface area contributed by atoms with E-state index in [0.29, 0.717) is 18.9 Å². The molecule has 178 valence electrons. The molecule has 7 nitrogen and oxygen atoms in total. The lowest BCUT2D eigenvalue weighted by Crippen LogP contribution is -2.21. The Kier molecular flexibility index (Phi) is 8.29. The summed E-state index contributed by atoms with van der Waals surface area (Å²) in [6, 6.07) is 13.6. The van der Waals surface area contributed by atoms with Gasteiger partial charge in [0.25, 0.3) is 6.20 Å². The van der Waals surface area contributed by atoms with Gasteiger partial charge < -0.3 is 15.5 Å². The van der Waals surface area contributed by atoms with Gasteiger partial charge in [-0.05, 0) is 30.2 Å². The fraction of sp³-hybridized carbons (Fsp3) is 0.391. The van der Waals surface area contributed by atoms with Gasteiger partial charge in [0, 0.05) is 45.9 Å². The van der Waals surface area contributed by atoms with E-state index in [1.54, 1.807) is 12.1 Å². The van der Waals surface area contributed by atoms with E-state index in [1.165, 1.54) is 5.56 Å². The summed E-state index contributed by atoms with van der Waals surface area (Å²) in [5, 5.41) is 16.6. The highest BCUT2D eigenvalue weighted by Gasteiger charge is 2.30.